The Morgan fingerprint density at radius 2 is 2.21 bits per heavy atom. The van der Waals surface area contributed by atoms with E-state index in [1.165, 1.54) is 0 Å². The van der Waals surface area contributed by atoms with Gasteiger partial charge in [-0.2, -0.15) is 0 Å². The molecule has 0 saturated carbocycles. The molecule has 2 rings (SSSR count). The SMILES string of the molecule is CCOC1(c2ncc(CNC(C)C)[nH]2)CCOCC1. The first-order valence-electron chi connectivity index (χ1n) is 7.16. The number of imidazole rings is 1. The van der Waals surface area contributed by atoms with Gasteiger partial charge in [0.1, 0.15) is 11.4 Å². The van der Waals surface area contributed by atoms with Gasteiger partial charge in [0.2, 0.25) is 0 Å². The van der Waals surface area contributed by atoms with E-state index < -0.39 is 0 Å². The van der Waals surface area contributed by atoms with E-state index in [1.54, 1.807) is 0 Å². The lowest BCUT2D eigenvalue weighted by Crippen LogP contribution is -2.37. The quantitative estimate of drug-likeness (QED) is 0.827. The van der Waals surface area contributed by atoms with Crippen molar-refractivity contribution in [1.82, 2.24) is 15.3 Å². The minimum atomic E-state index is -0.289. The van der Waals surface area contributed by atoms with Crippen LogP contribution in [0.25, 0.3) is 0 Å². The maximum atomic E-state index is 6.00. The topological polar surface area (TPSA) is 59.2 Å². The molecule has 0 atom stereocenters. The molecular weight excluding hydrogens is 242 g/mol. The maximum Gasteiger partial charge on any atom is 0.138 e. The number of ether oxygens (including phenoxy) is 2. The highest BCUT2D eigenvalue weighted by molar-refractivity contribution is 5.10. The molecule has 5 nitrogen and oxygen atoms in total. The molecule has 1 aromatic heterocycles. The summed E-state index contributed by atoms with van der Waals surface area (Å²) in [6.45, 7) is 9.28. The van der Waals surface area contributed by atoms with E-state index in [2.05, 4.69) is 29.1 Å². The van der Waals surface area contributed by atoms with E-state index >= 15 is 0 Å². The Labute approximate surface area is 115 Å². The number of H-pyrrole nitrogens is 1. The molecule has 1 fully saturated rings. The number of aromatic amines is 1. The lowest BCUT2D eigenvalue weighted by molar-refractivity contribution is -0.117. The molecule has 2 heterocycles. The van der Waals surface area contributed by atoms with Crippen molar-refractivity contribution in [1.29, 1.82) is 0 Å². The summed E-state index contributed by atoms with van der Waals surface area (Å²) >= 11 is 0. The Kier molecular flexibility index (Phi) is 4.96. The van der Waals surface area contributed by atoms with Crippen molar-refractivity contribution in [2.24, 2.45) is 0 Å². The van der Waals surface area contributed by atoms with Gasteiger partial charge in [0, 0.05) is 57.1 Å². The van der Waals surface area contributed by atoms with Gasteiger partial charge in [0.25, 0.3) is 0 Å². The predicted molar refractivity (Wildman–Crippen MR) is 73.9 cm³/mol. The van der Waals surface area contributed by atoms with Crippen molar-refractivity contribution < 1.29 is 9.47 Å². The number of hydrogen-bond acceptors (Lipinski definition) is 4. The van der Waals surface area contributed by atoms with Crippen LogP contribution < -0.4 is 5.32 Å². The largest absolute Gasteiger partial charge is 0.381 e. The molecule has 0 bridgehead atoms. The summed E-state index contributed by atoms with van der Waals surface area (Å²) in [6, 6.07) is 0.468. The highest BCUT2D eigenvalue weighted by atomic mass is 16.5. The fraction of sp³-hybridized carbons (Fsp3) is 0.786. The van der Waals surface area contributed by atoms with Crippen LogP contribution in [-0.2, 0) is 21.6 Å². The number of nitrogens with one attached hydrogen (secondary N) is 2. The van der Waals surface area contributed by atoms with Gasteiger partial charge in [-0.1, -0.05) is 13.8 Å². The summed E-state index contributed by atoms with van der Waals surface area (Å²) in [5.74, 6) is 0.943. The highest BCUT2D eigenvalue weighted by Gasteiger charge is 2.37. The third-order valence-corrected chi connectivity index (χ3v) is 3.48. The Morgan fingerprint density at radius 1 is 1.47 bits per heavy atom. The molecule has 0 aliphatic carbocycles. The van der Waals surface area contributed by atoms with Gasteiger partial charge in [-0.3, -0.25) is 0 Å². The Morgan fingerprint density at radius 3 is 2.84 bits per heavy atom. The minimum Gasteiger partial charge on any atom is -0.381 e. The fourth-order valence-electron chi connectivity index (χ4n) is 2.42. The second kappa shape index (κ2) is 6.50. The van der Waals surface area contributed by atoms with Crippen molar-refractivity contribution >= 4 is 0 Å². The lowest BCUT2D eigenvalue weighted by Gasteiger charge is -2.35. The van der Waals surface area contributed by atoms with Crippen molar-refractivity contribution in [3.8, 4) is 0 Å². The average molecular weight is 267 g/mol. The van der Waals surface area contributed by atoms with Gasteiger partial charge in [-0.25, -0.2) is 4.98 Å². The Bertz CT molecular complexity index is 378. The van der Waals surface area contributed by atoms with Gasteiger partial charge in [0.05, 0.1) is 0 Å². The van der Waals surface area contributed by atoms with Crippen LogP contribution in [-0.4, -0.2) is 35.8 Å². The lowest BCUT2D eigenvalue weighted by atomic mass is 9.93. The Hall–Kier alpha value is -0.910. The van der Waals surface area contributed by atoms with E-state index in [4.69, 9.17) is 9.47 Å². The third-order valence-electron chi connectivity index (χ3n) is 3.48. The molecule has 2 N–H and O–H groups in total. The third kappa shape index (κ3) is 3.55. The van der Waals surface area contributed by atoms with E-state index in [0.717, 1.165) is 44.1 Å². The number of hydrogen-bond donors (Lipinski definition) is 2. The van der Waals surface area contributed by atoms with Gasteiger partial charge in [-0.05, 0) is 6.92 Å². The van der Waals surface area contributed by atoms with Gasteiger partial charge >= 0.3 is 0 Å². The molecule has 0 unspecified atom stereocenters. The molecule has 19 heavy (non-hydrogen) atoms. The first-order valence-corrected chi connectivity index (χ1v) is 7.16. The monoisotopic (exact) mass is 267 g/mol. The van der Waals surface area contributed by atoms with Crippen LogP contribution in [0.3, 0.4) is 0 Å². The normalized spacial score (nSPS) is 18.9. The van der Waals surface area contributed by atoms with Crippen LogP contribution >= 0.6 is 0 Å². The van der Waals surface area contributed by atoms with Crippen molar-refractivity contribution in [3.05, 3.63) is 17.7 Å². The summed E-state index contributed by atoms with van der Waals surface area (Å²) in [7, 11) is 0. The molecule has 1 aromatic rings. The summed E-state index contributed by atoms with van der Waals surface area (Å²) < 4.78 is 11.4. The zero-order chi connectivity index (χ0) is 13.7. The van der Waals surface area contributed by atoms with Crippen molar-refractivity contribution in [2.75, 3.05) is 19.8 Å². The first kappa shape index (κ1) is 14.5. The summed E-state index contributed by atoms with van der Waals surface area (Å²) in [5.41, 5.74) is 0.817. The molecule has 1 aliphatic heterocycles. The zero-order valence-corrected chi connectivity index (χ0v) is 12.2. The summed E-state index contributed by atoms with van der Waals surface area (Å²) in [5, 5.41) is 3.39. The molecule has 0 spiro atoms. The van der Waals surface area contributed by atoms with Crippen molar-refractivity contribution in [2.45, 2.75) is 51.8 Å². The summed E-state index contributed by atoms with van der Waals surface area (Å²) in [4.78, 5) is 7.94. The molecule has 1 aliphatic rings. The molecule has 5 heteroatoms. The standard InChI is InChI=1S/C14H25N3O2/c1-4-19-14(5-7-18-8-6-14)13-16-10-12(17-13)9-15-11(2)3/h10-11,15H,4-9H2,1-3H3,(H,16,17). The molecule has 0 amide bonds. The Balaban J connectivity index is 2.09. The maximum absolute atomic E-state index is 6.00. The highest BCUT2D eigenvalue weighted by Crippen LogP contribution is 2.34. The minimum absolute atomic E-state index is 0.289. The number of rotatable bonds is 6. The van der Waals surface area contributed by atoms with Crippen LogP contribution in [0.15, 0.2) is 6.20 Å². The van der Waals surface area contributed by atoms with Crippen molar-refractivity contribution in [3.63, 3.8) is 0 Å². The first-order chi connectivity index (χ1) is 9.16. The summed E-state index contributed by atoms with van der Waals surface area (Å²) in [6.07, 6.45) is 3.64. The molecule has 1 saturated heterocycles. The van der Waals surface area contributed by atoms with E-state index in [0.29, 0.717) is 12.6 Å². The molecule has 108 valence electrons. The van der Waals surface area contributed by atoms with Crippen LogP contribution in [0.2, 0.25) is 0 Å². The molecular formula is C14H25N3O2. The van der Waals surface area contributed by atoms with E-state index in [9.17, 15) is 0 Å². The average Bonchev–Trinajstić information content (AvgIpc) is 2.87. The number of aromatic nitrogens is 2. The molecule has 0 aromatic carbocycles. The van der Waals surface area contributed by atoms with Crippen LogP contribution in [0, 0.1) is 0 Å². The van der Waals surface area contributed by atoms with E-state index in [1.807, 2.05) is 13.1 Å². The van der Waals surface area contributed by atoms with E-state index in [-0.39, 0.29) is 5.60 Å². The second-order valence-corrected chi connectivity index (χ2v) is 5.33. The number of nitrogens with zero attached hydrogens (tertiary/aromatic N) is 1. The molecule has 0 radical (unpaired) electrons. The fourth-order valence-corrected chi connectivity index (χ4v) is 2.42. The van der Waals surface area contributed by atoms with Crippen LogP contribution in [0.5, 0.6) is 0 Å². The predicted octanol–water partition coefficient (Wildman–Crippen LogP) is 1.95. The van der Waals surface area contributed by atoms with Crippen LogP contribution in [0.1, 0.15) is 45.1 Å². The second-order valence-electron chi connectivity index (χ2n) is 5.33. The zero-order valence-electron chi connectivity index (χ0n) is 12.2. The van der Waals surface area contributed by atoms with Gasteiger partial charge in [-0.15, -0.1) is 0 Å². The van der Waals surface area contributed by atoms with Crippen LogP contribution in [0.4, 0.5) is 0 Å². The van der Waals surface area contributed by atoms with Gasteiger partial charge < -0.3 is 19.8 Å². The van der Waals surface area contributed by atoms with Gasteiger partial charge in [0.15, 0.2) is 0 Å². The smallest absolute Gasteiger partial charge is 0.138 e.